The van der Waals surface area contributed by atoms with E-state index < -0.39 is 28.5 Å². The number of carbonyl (C=O) groups excluding carboxylic acids is 2. The average Bonchev–Trinajstić information content (AvgIpc) is 2.82. The summed E-state index contributed by atoms with van der Waals surface area (Å²) in [6, 6.07) is 11.5. The summed E-state index contributed by atoms with van der Waals surface area (Å²) in [5.74, 6) is -0.779. The number of sulfonamides is 1. The minimum Gasteiger partial charge on any atom is -0.352 e. The molecule has 36 heavy (non-hydrogen) atoms. The van der Waals surface area contributed by atoms with Gasteiger partial charge in [0.25, 0.3) is 0 Å². The van der Waals surface area contributed by atoms with Crippen LogP contribution in [-0.4, -0.2) is 50.0 Å². The molecule has 2 aromatic carbocycles. The first-order chi connectivity index (χ1) is 17.0. The molecule has 1 N–H and O–H groups in total. The number of anilines is 1. The second kappa shape index (κ2) is 12.3. The molecule has 0 spiro atoms. The molecule has 0 heterocycles. The molecule has 0 saturated heterocycles. The van der Waals surface area contributed by atoms with E-state index in [0.717, 1.165) is 53.8 Å². The lowest BCUT2D eigenvalue weighted by Gasteiger charge is -2.33. The van der Waals surface area contributed by atoms with Crippen LogP contribution in [0.2, 0.25) is 10.0 Å². The Morgan fingerprint density at radius 3 is 2.39 bits per heavy atom. The summed E-state index contributed by atoms with van der Waals surface area (Å²) in [5.41, 5.74) is 1.96. The Bertz CT molecular complexity index is 1200. The molecular formula is C26H33Cl2N3O4S. The van der Waals surface area contributed by atoms with Crippen LogP contribution < -0.4 is 9.62 Å². The van der Waals surface area contributed by atoms with E-state index in [2.05, 4.69) is 5.32 Å². The molecule has 1 saturated carbocycles. The van der Waals surface area contributed by atoms with Gasteiger partial charge in [0.1, 0.15) is 12.6 Å². The van der Waals surface area contributed by atoms with Crippen molar-refractivity contribution in [3.63, 3.8) is 0 Å². The van der Waals surface area contributed by atoms with E-state index in [9.17, 15) is 18.0 Å². The van der Waals surface area contributed by atoms with Crippen molar-refractivity contribution in [2.45, 2.75) is 64.6 Å². The average molecular weight is 555 g/mol. The molecule has 10 heteroatoms. The molecule has 196 valence electrons. The zero-order valence-electron chi connectivity index (χ0n) is 20.8. The Morgan fingerprint density at radius 1 is 1.08 bits per heavy atom. The number of halogens is 2. The van der Waals surface area contributed by atoms with Crippen molar-refractivity contribution < 1.29 is 18.0 Å². The van der Waals surface area contributed by atoms with Crippen LogP contribution in [0.3, 0.4) is 0 Å². The van der Waals surface area contributed by atoms with Crippen LogP contribution in [-0.2, 0) is 26.2 Å². The molecule has 1 fully saturated rings. The molecular weight excluding hydrogens is 521 g/mol. The summed E-state index contributed by atoms with van der Waals surface area (Å²) in [4.78, 5) is 28.3. The Hall–Kier alpha value is -2.29. The molecule has 1 aliphatic rings. The fraction of sp³-hybridized carbons (Fsp3) is 0.462. The largest absolute Gasteiger partial charge is 0.352 e. The highest BCUT2D eigenvalue weighted by atomic mass is 35.5. The van der Waals surface area contributed by atoms with Gasteiger partial charge in [0, 0.05) is 12.6 Å². The smallest absolute Gasteiger partial charge is 0.244 e. The highest BCUT2D eigenvalue weighted by Gasteiger charge is 2.32. The first kappa shape index (κ1) is 28.3. The zero-order valence-corrected chi connectivity index (χ0v) is 23.2. The second-order valence-electron chi connectivity index (χ2n) is 9.37. The summed E-state index contributed by atoms with van der Waals surface area (Å²) >= 11 is 12.4. The maximum Gasteiger partial charge on any atom is 0.244 e. The lowest BCUT2D eigenvalue weighted by molar-refractivity contribution is -0.139. The molecule has 0 aromatic heterocycles. The summed E-state index contributed by atoms with van der Waals surface area (Å²) in [7, 11) is -3.89. The molecule has 2 amide bonds. The van der Waals surface area contributed by atoms with Gasteiger partial charge in [-0.05, 0) is 44.4 Å². The van der Waals surface area contributed by atoms with Crippen LogP contribution in [0.1, 0.15) is 50.2 Å². The van der Waals surface area contributed by atoms with Gasteiger partial charge in [0.2, 0.25) is 21.8 Å². The van der Waals surface area contributed by atoms with Crippen molar-refractivity contribution in [3.05, 3.63) is 63.6 Å². The number of amides is 2. The number of benzene rings is 2. The third kappa shape index (κ3) is 7.37. The quantitative estimate of drug-likeness (QED) is 0.476. The van der Waals surface area contributed by atoms with Gasteiger partial charge in [-0.15, -0.1) is 0 Å². The monoisotopic (exact) mass is 553 g/mol. The molecule has 1 atom stereocenters. The van der Waals surface area contributed by atoms with Crippen molar-refractivity contribution in [1.82, 2.24) is 10.2 Å². The van der Waals surface area contributed by atoms with Gasteiger partial charge in [0.15, 0.2) is 0 Å². The van der Waals surface area contributed by atoms with E-state index in [-0.39, 0.29) is 34.2 Å². The first-order valence-electron chi connectivity index (χ1n) is 12.0. The molecule has 1 aliphatic carbocycles. The predicted octanol–water partition coefficient (Wildman–Crippen LogP) is 4.93. The standard InChI is InChI=1S/C26H33Cl2N3O4S/c1-18-9-7-10-20(15-18)16-30(19(2)26(33)29-21-11-5-4-6-12-21)24(32)17-31(36(3,34)35)23-14-8-13-22(27)25(23)28/h7-10,13-15,19,21H,4-6,11-12,16-17H2,1-3H3,(H,29,33). The van der Waals surface area contributed by atoms with E-state index in [4.69, 9.17) is 23.2 Å². The number of nitrogens with one attached hydrogen (secondary N) is 1. The SMILES string of the molecule is Cc1cccc(CN(C(=O)CN(c2cccc(Cl)c2Cl)S(C)(=O)=O)C(C)C(=O)NC2CCCCC2)c1. The molecule has 0 bridgehead atoms. The number of aryl methyl sites for hydroxylation is 1. The second-order valence-corrected chi connectivity index (χ2v) is 12.1. The predicted molar refractivity (Wildman–Crippen MR) is 145 cm³/mol. The third-order valence-corrected chi connectivity index (χ3v) is 8.37. The van der Waals surface area contributed by atoms with Crippen LogP contribution in [0.25, 0.3) is 0 Å². The first-order valence-corrected chi connectivity index (χ1v) is 14.6. The van der Waals surface area contributed by atoms with E-state index >= 15 is 0 Å². The number of hydrogen-bond donors (Lipinski definition) is 1. The van der Waals surface area contributed by atoms with Crippen LogP contribution in [0.15, 0.2) is 42.5 Å². The van der Waals surface area contributed by atoms with Gasteiger partial charge < -0.3 is 10.2 Å². The normalized spacial score (nSPS) is 15.2. The van der Waals surface area contributed by atoms with Gasteiger partial charge in [-0.1, -0.05) is 78.4 Å². The maximum absolute atomic E-state index is 13.7. The van der Waals surface area contributed by atoms with Crippen LogP contribution in [0.4, 0.5) is 5.69 Å². The van der Waals surface area contributed by atoms with E-state index in [0.29, 0.717) is 0 Å². The Balaban J connectivity index is 1.90. The van der Waals surface area contributed by atoms with E-state index in [1.807, 2.05) is 31.2 Å². The molecule has 1 unspecified atom stereocenters. The third-order valence-electron chi connectivity index (χ3n) is 6.43. The lowest BCUT2D eigenvalue weighted by Crippen LogP contribution is -2.53. The van der Waals surface area contributed by atoms with Crippen molar-refractivity contribution in [2.24, 2.45) is 0 Å². The van der Waals surface area contributed by atoms with Crippen molar-refractivity contribution in [1.29, 1.82) is 0 Å². The topological polar surface area (TPSA) is 86.8 Å². The van der Waals surface area contributed by atoms with Crippen molar-refractivity contribution in [2.75, 3.05) is 17.1 Å². The summed E-state index contributed by atoms with van der Waals surface area (Å²) in [5, 5.41) is 3.29. The minimum atomic E-state index is -3.89. The Kier molecular flexibility index (Phi) is 9.66. The van der Waals surface area contributed by atoms with Gasteiger partial charge in [-0.2, -0.15) is 0 Å². The van der Waals surface area contributed by atoms with Crippen molar-refractivity contribution in [3.8, 4) is 0 Å². The van der Waals surface area contributed by atoms with E-state index in [1.165, 1.54) is 17.0 Å². The number of rotatable bonds is 9. The highest BCUT2D eigenvalue weighted by molar-refractivity contribution is 7.92. The maximum atomic E-state index is 13.7. The molecule has 3 rings (SSSR count). The fourth-order valence-electron chi connectivity index (χ4n) is 4.44. The van der Waals surface area contributed by atoms with Crippen molar-refractivity contribution >= 4 is 50.7 Å². The Labute approximate surface area is 223 Å². The highest BCUT2D eigenvalue weighted by Crippen LogP contribution is 2.33. The van der Waals surface area contributed by atoms with Crippen LogP contribution >= 0.6 is 23.2 Å². The van der Waals surface area contributed by atoms with Gasteiger partial charge in [-0.25, -0.2) is 8.42 Å². The fourth-order valence-corrected chi connectivity index (χ4v) is 5.74. The van der Waals surface area contributed by atoms with Crippen LogP contribution in [0, 0.1) is 6.92 Å². The number of carbonyl (C=O) groups is 2. The summed E-state index contributed by atoms with van der Waals surface area (Å²) < 4.78 is 26.3. The van der Waals surface area contributed by atoms with Gasteiger partial charge in [-0.3, -0.25) is 13.9 Å². The van der Waals surface area contributed by atoms with Gasteiger partial charge >= 0.3 is 0 Å². The molecule has 0 radical (unpaired) electrons. The Morgan fingerprint density at radius 2 is 1.75 bits per heavy atom. The molecule has 2 aromatic rings. The molecule has 0 aliphatic heterocycles. The molecule has 7 nitrogen and oxygen atoms in total. The summed E-state index contributed by atoms with van der Waals surface area (Å²) in [6.07, 6.45) is 6.12. The minimum absolute atomic E-state index is 0.0331. The number of nitrogens with zero attached hydrogens (tertiary/aromatic N) is 2. The van der Waals surface area contributed by atoms with Crippen LogP contribution in [0.5, 0.6) is 0 Å². The van der Waals surface area contributed by atoms with E-state index in [1.54, 1.807) is 13.0 Å². The summed E-state index contributed by atoms with van der Waals surface area (Å²) in [6.45, 7) is 3.25. The zero-order chi connectivity index (χ0) is 26.5. The number of hydrogen-bond acceptors (Lipinski definition) is 4. The van der Waals surface area contributed by atoms with Gasteiger partial charge in [0.05, 0.1) is 22.0 Å². The lowest BCUT2D eigenvalue weighted by atomic mass is 9.95.